The number of rotatable bonds is 16. The third-order valence-corrected chi connectivity index (χ3v) is 9.29. The van der Waals surface area contributed by atoms with Crippen LogP contribution < -0.4 is 10.5 Å². The molecule has 3 rings (SSSR count). The highest BCUT2D eigenvalue weighted by Gasteiger charge is 2.33. The molecule has 0 aromatic carbocycles. The van der Waals surface area contributed by atoms with E-state index in [9.17, 15) is 19.6 Å². The van der Waals surface area contributed by atoms with Crippen molar-refractivity contribution in [2.24, 2.45) is 0 Å². The lowest BCUT2D eigenvalue weighted by molar-refractivity contribution is -0.137. The van der Waals surface area contributed by atoms with Crippen LogP contribution in [0.3, 0.4) is 0 Å². The van der Waals surface area contributed by atoms with E-state index in [4.69, 9.17) is 17.3 Å². The molecule has 2 fully saturated rings. The molecular weight excluding hydrogens is 556 g/mol. The van der Waals surface area contributed by atoms with Gasteiger partial charge in [-0.2, -0.15) is 5.26 Å². The summed E-state index contributed by atoms with van der Waals surface area (Å²) in [4.78, 5) is 41.9. The van der Waals surface area contributed by atoms with Crippen LogP contribution in [0.4, 0.5) is 5.82 Å². The zero-order valence-corrected chi connectivity index (χ0v) is 26.2. The van der Waals surface area contributed by atoms with Crippen molar-refractivity contribution in [1.29, 1.82) is 5.26 Å². The van der Waals surface area contributed by atoms with Crippen LogP contribution in [-0.2, 0) is 16.1 Å². The molecule has 0 radical (unpaired) electrons. The van der Waals surface area contributed by atoms with Gasteiger partial charge in [-0.25, -0.2) is 0 Å². The van der Waals surface area contributed by atoms with Crippen molar-refractivity contribution in [3.8, 4) is 6.07 Å². The second-order valence-electron chi connectivity index (χ2n) is 11.0. The van der Waals surface area contributed by atoms with Gasteiger partial charge in [-0.1, -0.05) is 75.8 Å². The molecule has 0 atom stereocenters. The number of nitrogens with zero attached hydrogens (tertiary/aromatic N) is 4. The van der Waals surface area contributed by atoms with E-state index in [1.54, 1.807) is 9.47 Å². The van der Waals surface area contributed by atoms with E-state index in [1.807, 2.05) is 13.0 Å². The van der Waals surface area contributed by atoms with Crippen LogP contribution in [0.25, 0.3) is 6.08 Å². The fraction of sp³-hybridized carbons (Fsp3) is 0.645. The molecule has 1 amide bonds. The van der Waals surface area contributed by atoms with Gasteiger partial charge in [-0.3, -0.25) is 23.9 Å². The van der Waals surface area contributed by atoms with Crippen molar-refractivity contribution in [2.45, 2.75) is 110 Å². The van der Waals surface area contributed by atoms with Crippen molar-refractivity contribution in [3.05, 3.63) is 31.9 Å². The van der Waals surface area contributed by atoms with Crippen LogP contribution in [0.5, 0.6) is 0 Å². The lowest BCUT2D eigenvalue weighted by atomic mass is 10.0. The van der Waals surface area contributed by atoms with Crippen molar-refractivity contribution >= 4 is 52.1 Å². The van der Waals surface area contributed by atoms with Crippen LogP contribution in [0.2, 0.25) is 0 Å². The van der Waals surface area contributed by atoms with Gasteiger partial charge < -0.3 is 10.0 Å². The first-order valence-corrected chi connectivity index (χ1v) is 16.4. The maximum absolute atomic E-state index is 13.5. The molecule has 0 saturated carbocycles. The Morgan fingerprint density at radius 3 is 2.24 bits per heavy atom. The van der Waals surface area contributed by atoms with Crippen LogP contribution in [0.1, 0.15) is 114 Å². The number of carboxylic acids is 1. The normalized spacial score (nSPS) is 16.6. The fourth-order valence-corrected chi connectivity index (χ4v) is 6.84. The Hall–Kier alpha value is -2.64. The molecule has 2 aliphatic heterocycles. The Kier molecular flexibility index (Phi) is 13.4. The number of carboxylic acid groups (broad SMARTS) is 1. The van der Waals surface area contributed by atoms with Gasteiger partial charge in [0, 0.05) is 38.2 Å². The standard InChI is InChI=1S/C31H44N4O4S2/c1-3-4-19-34-28(33-17-13-11-14-18-33)24(23(2)25(22-32)29(34)38)21-26-30(39)35(31(40)41-26)20-15-10-8-6-5-7-9-12-16-27(36)37/h21H,3-20H2,1-2H3,(H,36,37). The average Bonchev–Trinajstić information content (AvgIpc) is 3.22. The third-order valence-electron chi connectivity index (χ3n) is 7.91. The largest absolute Gasteiger partial charge is 0.481 e. The van der Waals surface area contributed by atoms with E-state index >= 15 is 0 Å². The van der Waals surface area contributed by atoms with E-state index in [2.05, 4.69) is 17.9 Å². The number of thioether (sulfide) groups is 1. The van der Waals surface area contributed by atoms with E-state index in [-0.39, 0.29) is 23.5 Å². The molecule has 0 bridgehead atoms. The molecule has 10 heteroatoms. The maximum atomic E-state index is 13.5. The Morgan fingerprint density at radius 2 is 1.63 bits per heavy atom. The number of piperidine rings is 1. The summed E-state index contributed by atoms with van der Waals surface area (Å²) in [5.41, 5.74) is 1.30. The summed E-state index contributed by atoms with van der Waals surface area (Å²) < 4.78 is 2.32. The molecule has 0 aliphatic carbocycles. The quantitative estimate of drug-likeness (QED) is 0.128. The number of anilines is 1. The molecule has 0 unspecified atom stereocenters. The highest BCUT2D eigenvalue weighted by atomic mass is 32.2. The van der Waals surface area contributed by atoms with Crippen molar-refractivity contribution < 1.29 is 14.7 Å². The number of carbonyl (C=O) groups excluding carboxylic acids is 1. The lowest BCUT2D eigenvalue weighted by Crippen LogP contribution is -2.37. The summed E-state index contributed by atoms with van der Waals surface area (Å²) in [6.45, 7) is 6.72. The smallest absolute Gasteiger partial charge is 0.303 e. The van der Waals surface area contributed by atoms with Gasteiger partial charge in [-0.05, 0) is 57.1 Å². The van der Waals surface area contributed by atoms with Gasteiger partial charge in [0.25, 0.3) is 11.5 Å². The van der Waals surface area contributed by atoms with Gasteiger partial charge in [0.1, 0.15) is 21.8 Å². The second kappa shape index (κ2) is 16.7. The van der Waals surface area contributed by atoms with Gasteiger partial charge >= 0.3 is 5.97 Å². The number of pyridine rings is 1. The molecule has 41 heavy (non-hydrogen) atoms. The molecule has 1 N–H and O–H groups in total. The number of aliphatic carboxylic acids is 1. The van der Waals surface area contributed by atoms with Gasteiger partial charge in [0.2, 0.25) is 0 Å². The number of nitriles is 1. The number of thiocarbonyl (C=S) groups is 1. The number of carbonyl (C=O) groups is 2. The minimum Gasteiger partial charge on any atom is -0.481 e. The van der Waals surface area contributed by atoms with Crippen molar-refractivity contribution in [2.75, 3.05) is 24.5 Å². The number of unbranched alkanes of at least 4 members (excludes halogenated alkanes) is 8. The predicted molar refractivity (Wildman–Crippen MR) is 170 cm³/mol. The Balaban J connectivity index is 1.72. The molecule has 1 aromatic heterocycles. The molecule has 2 saturated heterocycles. The average molecular weight is 601 g/mol. The van der Waals surface area contributed by atoms with Gasteiger partial charge in [0.05, 0.1) is 4.91 Å². The Morgan fingerprint density at radius 1 is 1.00 bits per heavy atom. The van der Waals surface area contributed by atoms with Crippen LogP contribution in [0.15, 0.2) is 9.70 Å². The number of hydrogen-bond acceptors (Lipinski definition) is 7. The topological polar surface area (TPSA) is 107 Å². The summed E-state index contributed by atoms with van der Waals surface area (Å²) in [6, 6.07) is 2.14. The first-order valence-electron chi connectivity index (χ1n) is 15.2. The fourth-order valence-electron chi connectivity index (χ4n) is 5.54. The predicted octanol–water partition coefficient (Wildman–Crippen LogP) is 6.62. The SMILES string of the molecule is CCCCn1c(N2CCCCC2)c(C=C2SC(=S)N(CCCCCCCCCCC(=O)O)C2=O)c(C)c(C#N)c1=O. The van der Waals surface area contributed by atoms with Gasteiger partial charge in [-0.15, -0.1) is 0 Å². The first kappa shape index (κ1) is 32.9. The van der Waals surface area contributed by atoms with Crippen LogP contribution >= 0.6 is 24.0 Å². The zero-order valence-electron chi connectivity index (χ0n) is 24.6. The molecule has 0 spiro atoms. The molecule has 1 aromatic rings. The number of hydrogen-bond donors (Lipinski definition) is 1. The maximum Gasteiger partial charge on any atom is 0.303 e. The Labute approximate surface area is 253 Å². The molecule has 2 aliphatic rings. The van der Waals surface area contributed by atoms with Crippen molar-refractivity contribution in [1.82, 2.24) is 9.47 Å². The van der Waals surface area contributed by atoms with E-state index in [1.165, 1.54) is 11.8 Å². The summed E-state index contributed by atoms with van der Waals surface area (Å²) >= 11 is 6.90. The highest BCUT2D eigenvalue weighted by molar-refractivity contribution is 8.26. The summed E-state index contributed by atoms with van der Waals surface area (Å²) in [5, 5.41) is 18.6. The lowest BCUT2D eigenvalue weighted by Gasteiger charge is -2.33. The van der Waals surface area contributed by atoms with Crippen molar-refractivity contribution in [3.63, 3.8) is 0 Å². The number of amides is 1. The van der Waals surface area contributed by atoms with E-state index in [0.29, 0.717) is 27.9 Å². The molecule has 8 nitrogen and oxygen atoms in total. The first-order chi connectivity index (χ1) is 19.8. The minimum absolute atomic E-state index is 0.104. The second-order valence-corrected chi connectivity index (χ2v) is 12.7. The Bertz CT molecular complexity index is 1230. The van der Waals surface area contributed by atoms with Crippen LogP contribution in [-0.4, -0.2) is 50.4 Å². The summed E-state index contributed by atoms with van der Waals surface area (Å²) in [5.74, 6) is -0.00358. The van der Waals surface area contributed by atoms with Gasteiger partial charge in [0.15, 0.2) is 0 Å². The summed E-state index contributed by atoms with van der Waals surface area (Å²) in [7, 11) is 0. The van der Waals surface area contributed by atoms with E-state index < -0.39 is 5.97 Å². The molecule has 224 valence electrons. The summed E-state index contributed by atoms with van der Waals surface area (Å²) in [6.07, 6.45) is 15.1. The monoisotopic (exact) mass is 600 g/mol. The number of aromatic nitrogens is 1. The minimum atomic E-state index is -0.726. The zero-order chi connectivity index (χ0) is 29.8. The third kappa shape index (κ3) is 8.92. The highest BCUT2D eigenvalue weighted by Crippen LogP contribution is 2.36. The van der Waals surface area contributed by atoms with E-state index in [0.717, 1.165) is 108 Å². The van der Waals surface area contributed by atoms with Crippen LogP contribution in [0, 0.1) is 18.3 Å². The molecular formula is C31H44N4O4S2. The molecule has 3 heterocycles.